The Balaban J connectivity index is 2.55. The van der Waals surface area contributed by atoms with Gasteiger partial charge in [-0.1, -0.05) is 6.92 Å². The van der Waals surface area contributed by atoms with E-state index in [1.54, 1.807) is 6.92 Å². The summed E-state index contributed by atoms with van der Waals surface area (Å²) in [6.07, 6.45) is 0.0373. The summed E-state index contributed by atoms with van der Waals surface area (Å²) in [6, 6.07) is -2.94. The summed E-state index contributed by atoms with van der Waals surface area (Å²) >= 11 is 0. The fraction of sp³-hybridized carbons (Fsp3) is 0.789. The van der Waals surface area contributed by atoms with Gasteiger partial charge in [-0.25, -0.2) is 0 Å². The van der Waals surface area contributed by atoms with Crippen molar-refractivity contribution in [1.29, 1.82) is 0 Å². The number of hydrogen-bond acceptors (Lipinski definition) is 7. The predicted octanol–water partition coefficient (Wildman–Crippen LogP) is -2.43. The zero-order valence-corrected chi connectivity index (χ0v) is 17.8. The molecule has 0 aromatic heterocycles. The molecule has 172 valence electrons. The van der Waals surface area contributed by atoms with Crippen molar-refractivity contribution in [2.75, 3.05) is 13.1 Å². The monoisotopic (exact) mass is 429 g/mol. The molecule has 1 rings (SSSR count). The third kappa shape index (κ3) is 7.22. The molecular formula is C19H35N5O6. The average Bonchev–Trinajstić information content (AvgIpc) is 3.16. The fourth-order valence-electron chi connectivity index (χ4n) is 3.35. The minimum atomic E-state index is -1.22. The van der Waals surface area contributed by atoms with E-state index in [0.29, 0.717) is 38.8 Å². The van der Waals surface area contributed by atoms with E-state index in [-0.39, 0.29) is 11.8 Å². The van der Waals surface area contributed by atoms with Crippen molar-refractivity contribution in [2.45, 2.75) is 76.8 Å². The van der Waals surface area contributed by atoms with Gasteiger partial charge in [-0.05, 0) is 39.5 Å². The highest BCUT2D eigenvalue weighted by atomic mass is 16.3. The third-order valence-corrected chi connectivity index (χ3v) is 5.28. The number of likely N-dealkylation sites (tertiary alicyclic amines) is 1. The van der Waals surface area contributed by atoms with Gasteiger partial charge in [-0.2, -0.15) is 0 Å². The highest BCUT2D eigenvalue weighted by Gasteiger charge is 2.37. The van der Waals surface area contributed by atoms with Crippen LogP contribution in [0.25, 0.3) is 0 Å². The summed E-state index contributed by atoms with van der Waals surface area (Å²) in [5, 5.41) is 24.0. The minimum absolute atomic E-state index is 0.188. The van der Waals surface area contributed by atoms with Crippen LogP contribution in [0.5, 0.6) is 0 Å². The van der Waals surface area contributed by atoms with Crippen molar-refractivity contribution in [3.8, 4) is 0 Å². The first-order valence-electron chi connectivity index (χ1n) is 10.3. The highest BCUT2D eigenvalue weighted by molar-refractivity contribution is 5.92. The summed E-state index contributed by atoms with van der Waals surface area (Å²) in [4.78, 5) is 50.0. The molecule has 1 aliphatic rings. The van der Waals surface area contributed by atoms with Crippen molar-refractivity contribution in [3.63, 3.8) is 0 Å². The van der Waals surface area contributed by atoms with Crippen LogP contribution in [0, 0.1) is 5.92 Å². The van der Waals surface area contributed by atoms with E-state index in [4.69, 9.17) is 11.5 Å². The lowest BCUT2D eigenvalue weighted by atomic mass is 10.0. The number of nitrogens with two attached hydrogens (primary N) is 2. The Labute approximate surface area is 176 Å². The van der Waals surface area contributed by atoms with Gasteiger partial charge >= 0.3 is 0 Å². The Morgan fingerprint density at radius 3 is 2.30 bits per heavy atom. The lowest BCUT2D eigenvalue weighted by Crippen LogP contribution is -2.56. The number of aliphatic hydroxyl groups is 2. The number of carbonyl (C=O) groups is 4. The van der Waals surface area contributed by atoms with E-state index in [2.05, 4.69) is 10.6 Å². The van der Waals surface area contributed by atoms with Gasteiger partial charge in [0.25, 0.3) is 0 Å². The SMILES string of the molecule is CC(CCCNC(=O)C(N)C(C)O)C(=O)N1CCCC1C(=O)NC(C(N)=O)C(C)O. The second-order valence-corrected chi connectivity index (χ2v) is 7.92. The van der Waals surface area contributed by atoms with E-state index in [0.717, 1.165) is 0 Å². The van der Waals surface area contributed by atoms with E-state index >= 15 is 0 Å². The molecule has 1 saturated heterocycles. The maximum atomic E-state index is 12.8. The van der Waals surface area contributed by atoms with Gasteiger partial charge in [-0.3, -0.25) is 19.2 Å². The van der Waals surface area contributed by atoms with E-state index in [1.165, 1.54) is 18.7 Å². The maximum absolute atomic E-state index is 12.8. The minimum Gasteiger partial charge on any atom is -0.391 e. The first-order chi connectivity index (χ1) is 14.0. The first kappa shape index (κ1) is 25.8. The number of amides is 4. The third-order valence-electron chi connectivity index (χ3n) is 5.28. The Hall–Kier alpha value is -2.24. The van der Waals surface area contributed by atoms with Gasteiger partial charge in [-0.15, -0.1) is 0 Å². The normalized spacial score (nSPS) is 21.3. The van der Waals surface area contributed by atoms with Crippen LogP contribution < -0.4 is 22.1 Å². The molecule has 0 saturated carbocycles. The summed E-state index contributed by atoms with van der Waals surface area (Å²) in [6.45, 7) is 5.27. The summed E-state index contributed by atoms with van der Waals surface area (Å²) in [5.41, 5.74) is 10.7. The van der Waals surface area contributed by atoms with Crippen LogP contribution in [0.15, 0.2) is 0 Å². The van der Waals surface area contributed by atoms with Crippen LogP contribution in [0.1, 0.15) is 46.5 Å². The van der Waals surface area contributed by atoms with Crippen LogP contribution in [0.2, 0.25) is 0 Å². The maximum Gasteiger partial charge on any atom is 0.243 e. The summed E-state index contributed by atoms with van der Waals surface area (Å²) in [5.74, 6) is -2.38. The lowest BCUT2D eigenvalue weighted by Gasteiger charge is -2.28. The second kappa shape index (κ2) is 11.8. The smallest absolute Gasteiger partial charge is 0.243 e. The zero-order chi connectivity index (χ0) is 23.0. The number of hydrogen-bond donors (Lipinski definition) is 6. The molecule has 11 nitrogen and oxygen atoms in total. The molecular weight excluding hydrogens is 394 g/mol. The Morgan fingerprint density at radius 1 is 1.13 bits per heavy atom. The largest absolute Gasteiger partial charge is 0.391 e. The van der Waals surface area contributed by atoms with Crippen LogP contribution in [-0.4, -0.2) is 82.2 Å². The number of aliphatic hydroxyl groups excluding tert-OH is 2. The molecule has 11 heteroatoms. The number of rotatable bonds is 11. The van der Waals surface area contributed by atoms with Gasteiger partial charge in [0.15, 0.2) is 0 Å². The van der Waals surface area contributed by atoms with Gasteiger partial charge in [0.2, 0.25) is 23.6 Å². The number of nitrogens with zero attached hydrogens (tertiary/aromatic N) is 1. The molecule has 6 unspecified atom stereocenters. The van der Waals surface area contributed by atoms with Crippen LogP contribution >= 0.6 is 0 Å². The molecule has 0 aromatic carbocycles. The Kier molecular flexibility index (Phi) is 10.2. The second-order valence-electron chi connectivity index (χ2n) is 7.92. The van der Waals surface area contributed by atoms with Gasteiger partial charge in [0.1, 0.15) is 18.1 Å². The van der Waals surface area contributed by atoms with Gasteiger partial charge < -0.3 is 37.2 Å². The van der Waals surface area contributed by atoms with Crippen molar-refractivity contribution in [3.05, 3.63) is 0 Å². The van der Waals surface area contributed by atoms with Gasteiger partial charge in [0, 0.05) is 19.0 Å². The van der Waals surface area contributed by atoms with Gasteiger partial charge in [0.05, 0.1) is 12.2 Å². The van der Waals surface area contributed by atoms with Crippen LogP contribution in [0.3, 0.4) is 0 Å². The van der Waals surface area contributed by atoms with Crippen molar-refractivity contribution in [2.24, 2.45) is 17.4 Å². The molecule has 1 aliphatic heterocycles. The molecule has 0 aliphatic carbocycles. The Morgan fingerprint density at radius 2 is 1.77 bits per heavy atom. The standard InChI is InChI=1S/C19H35N5O6/c1-10(6-4-8-22-18(29)14(20)11(2)25)19(30)24-9-5-7-13(24)17(28)23-15(12(3)26)16(21)27/h10-15,25-26H,4-9,20H2,1-3H3,(H2,21,27)(H,22,29)(H,23,28). The lowest BCUT2D eigenvalue weighted by molar-refractivity contribution is -0.142. The van der Waals surface area contributed by atoms with E-state index < -0.39 is 48.1 Å². The zero-order valence-electron chi connectivity index (χ0n) is 17.8. The number of carbonyl (C=O) groups excluding carboxylic acids is 4. The Bertz CT molecular complexity index is 627. The molecule has 0 aromatic rings. The summed E-state index contributed by atoms with van der Waals surface area (Å²) in [7, 11) is 0. The molecule has 0 radical (unpaired) electrons. The molecule has 4 amide bonds. The number of primary amides is 1. The summed E-state index contributed by atoms with van der Waals surface area (Å²) < 4.78 is 0. The van der Waals surface area contributed by atoms with E-state index in [9.17, 15) is 29.4 Å². The molecule has 0 spiro atoms. The van der Waals surface area contributed by atoms with Crippen molar-refractivity contribution < 1.29 is 29.4 Å². The predicted molar refractivity (Wildman–Crippen MR) is 109 cm³/mol. The van der Waals surface area contributed by atoms with Crippen molar-refractivity contribution in [1.82, 2.24) is 15.5 Å². The van der Waals surface area contributed by atoms with Crippen LogP contribution in [-0.2, 0) is 19.2 Å². The van der Waals surface area contributed by atoms with Crippen molar-refractivity contribution >= 4 is 23.6 Å². The molecule has 6 atom stereocenters. The molecule has 30 heavy (non-hydrogen) atoms. The highest BCUT2D eigenvalue weighted by Crippen LogP contribution is 2.22. The fourth-order valence-corrected chi connectivity index (χ4v) is 3.35. The molecule has 8 N–H and O–H groups in total. The topological polar surface area (TPSA) is 188 Å². The quantitative estimate of drug-likeness (QED) is 0.197. The average molecular weight is 430 g/mol. The van der Waals surface area contributed by atoms with Crippen LogP contribution in [0.4, 0.5) is 0 Å². The number of nitrogens with one attached hydrogen (secondary N) is 2. The molecule has 1 fully saturated rings. The van der Waals surface area contributed by atoms with E-state index in [1.807, 2.05) is 0 Å². The molecule has 0 bridgehead atoms. The molecule has 1 heterocycles. The first-order valence-corrected chi connectivity index (χ1v) is 10.3.